The molecule has 0 spiro atoms. The van der Waals surface area contributed by atoms with Crippen LogP contribution in [0.1, 0.15) is 50.2 Å². The number of benzene rings is 1. The van der Waals surface area contributed by atoms with Crippen LogP contribution < -0.4 is 0 Å². The molecule has 1 atom stereocenters. The molecule has 1 aromatic rings. The van der Waals surface area contributed by atoms with E-state index in [2.05, 4.69) is 19.9 Å². The number of rotatable bonds is 4. The van der Waals surface area contributed by atoms with E-state index in [1.807, 2.05) is 19.1 Å². The molecule has 1 radical (unpaired) electrons. The number of aromatic hydroxyl groups is 1. The van der Waals surface area contributed by atoms with Crippen molar-refractivity contribution in [3.05, 3.63) is 29.3 Å². The van der Waals surface area contributed by atoms with E-state index >= 15 is 0 Å². The summed E-state index contributed by atoms with van der Waals surface area (Å²) in [6.45, 7) is 6.38. The van der Waals surface area contributed by atoms with Crippen molar-refractivity contribution in [2.75, 3.05) is 0 Å². The van der Waals surface area contributed by atoms with Crippen molar-refractivity contribution in [2.45, 2.75) is 46.0 Å². The van der Waals surface area contributed by atoms with E-state index in [9.17, 15) is 5.11 Å². The summed E-state index contributed by atoms with van der Waals surface area (Å²) in [6.07, 6.45) is 3.61. The first-order chi connectivity index (χ1) is 6.65. The second-order valence-electron chi connectivity index (χ2n) is 4.11. The average Bonchev–Trinajstić information content (AvgIpc) is 2.14. The Morgan fingerprint density at radius 2 is 2.00 bits per heavy atom. The van der Waals surface area contributed by atoms with Crippen molar-refractivity contribution in [3.63, 3.8) is 0 Å². The van der Waals surface area contributed by atoms with Gasteiger partial charge in [-0.15, -0.1) is 0 Å². The van der Waals surface area contributed by atoms with Crippen LogP contribution in [0.25, 0.3) is 0 Å². The van der Waals surface area contributed by atoms with Gasteiger partial charge in [-0.05, 0) is 36.5 Å². The zero-order chi connectivity index (χ0) is 10.6. The van der Waals surface area contributed by atoms with E-state index < -0.39 is 0 Å². The summed E-state index contributed by atoms with van der Waals surface area (Å²) in [5, 5.41) is 9.76. The van der Waals surface area contributed by atoms with Gasteiger partial charge in [-0.3, -0.25) is 0 Å². The van der Waals surface area contributed by atoms with Crippen LogP contribution >= 0.6 is 0 Å². The van der Waals surface area contributed by atoms with Crippen LogP contribution in [0, 0.1) is 6.92 Å². The van der Waals surface area contributed by atoms with Crippen molar-refractivity contribution in [1.29, 1.82) is 0 Å². The first-order valence-corrected chi connectivity index (χ1v) is 5.44. The fourth-order valence-electron chi connectivity index (χ4n) is 1.74. The minimum Gasteiger partial charge on any atom is -0.508 e. The standard InChI is InChI=1S/C13H20O.Na/c1-4-5-6-11(3)12-8-7-10(2)9-13(12)14;/h7-9,11,14H,4-6H2,1-3H3;. The fourth-order valence-corrected chi connectivity index (χ4v) is 1.74. The Morgan fingerprint density at radius 3 is 2.53 bits per heavy atom. The molecule has 1 rings (SSSR count). The first-order valence-electron chi connectivity index (χ1n) is 5.44. The third-order valence-corrected chi connectivity index (χ3v) is 2.71. The monoisotopic (exact) mass is 215 g/mol. The van der Waals surface area contributed by atoms with Gasteiger partial charge in [0.2, 0.25) is 0 Å². The normalized spacial score (nSPS) is 11.9. The molecule has 1 N–H and O–H groups in total. The van der Waals surface area contributed by atoms with E-state index in [0.717, 1.165) is 17.5 Å². The average molecular weight is 215 g/mol. The van der Waals surface area contributed by atoms with Crippen molar-refractivity contribution in [2.24, 2.45) is 0 Å². The Balaban J connectivity index is 0.00000196. The number of hydrogen-bond acceptors (Lipinski definition) is 1. The molecule has 2 heteroatoms. The third-order valence-electron chi connectivity index (χ3n) is 2.71. The SMILES string of the molecule is CCCCC(C)c1ccc(C)cc1O.[Na]. The predicted molar refractivity (Wildman–Crippen MR) is 66.5 cm³/mol. The number of aryl methyl sites for hydroxylation is 1. The summed E-state index contributed by atoms with van der Waals surface area (Å²) in [7, 11) is 0. The quantitative estimate of drug-likeness (QED) is 0.761. The summed E-state index contributed by atoms with van der Waals surface area (Å²) in [5.74, 6) is 0.921. The molecule has 0 aromatic heterocycles. The number of phenolic OH excluding ortho intramolecular Hbond substituents is 1. The van der Waals surface area contributed by atoms with Crippen LogP contribution in [-0.2, 0) is 0 Å². The number of unbranched alkanes of at least 4 members (excludes halogenated alkanes) is 1. The van der Waals surface area contributed by atoms with Crippen LogP contribution in [-0.4, -0.2) is 34.7 Å². The van der Waals surface area contributed by atoms with E-state index in [0.29, 0.717) is 11.7 Å². The molecule has 0 heterocycles. The molecule has 0 saturated carbocycles. The Kier molecular flexibility index (Phi) is 7.33. The molecule has 0 aliphatic carbocycles. The van der Waals surface area contributed by atoms with Crippen LogP contribution in [0.3, 0.4) is 0 Å². The van der Waals surface area contributed by atoms with Crippen LogP contribution in [0.2, 0.25) is 0 Å². The summed E-state index contributed by atoms with van der Waals surface area (Å²) < 4.78 is 0. The smallest absolute Gasteiger partial charge is 0.119 e. The molecule has 0 aliphatic rings. The Morgan fingerprint density at radius 1 is 1.33 bits per heavy atom. The van der Waals surface area contributed by atoms with Crippen molar-refractivity contribution >= 4 is 29.6 Å². The maximum atomic E-state index is 9.76. The second-order valence-corrected chi connectivity index (χ2v) is 4.11. The topological polar surface area (TPSA) is 20.2 Å². The van der Waals surface area contributed by atoms with Gasteiger partial charge >= 0.3 is 0 Å². The summed E-state index contributed by atoms with van der Waals surface area (Å²) in [6, 6.07) is 5.96. The van der Waals surface area contributed by atoms with Gasteiger partial charge in [-0.25, -0.2) is 0 Å². The molecular formula is C13H20NaO. The maximum absolute atomic E-state index is 9.76. The van der Waals surface area contributed by atoms with Gasteiger partial charge in [0, 0.05) is 29.6 Å². The van der Waals surface area contributed by atoms with E-state index in [4.69, 9.17) is 0 Å². The predicted octanol–water partition coefficient (Wildman–Crippen LogP) is 3.61. The summed E-state index contributed by atoms with van der Waals surface area (Å²) in [4.78, 5) is 0. The van der Waals surface area contributed by atoms with Crippen molar-refractivity contribution < 1.29 is 5.11 Å². The molecule has 0 fully saturated rings. The van der Waals surface area contributed by atoms with E-state index in [-0.39, 0.29) is 29.6 Å². The van der Waals surface area contributed by atoms with E-state index in [1.54, 1.807) is 0 Å². The Bertz CT molecular complexity index is 297. The van der Waals surface area contributed by atoms with Gasteiger partial charge in [0.1, 0.15) is 5.75 Å². The Labute approximate surface area is 115 Å². The molecule has 79 valence electrons. The minimum absolute atomic E-state index is 0. The minimum atomic E-state index is 0. The molecule has 1 unspecified atom stereocenters. The van der Waals surface area contributed by atoms with Crippen LogP contribution in [0.5, 0.6) is 5.75 Å². The Hall–Kier alpha value is 0.0200. The molecular weight excluding hydrogens is 195 g/mol. The largest absolute Gasteiger partial charge is 0.508 e. The molecule has 0 amide bonds. The molecule has 1 nitrogen and oxygen atoms in total. The van der Waals surface area contributed by atoms with Gasteiger partial charge in [0.15, 0.2) is 0 Å². The fraction of sp³-hybridized carbons (Fsp3) is 0.538. The van der Waals surface area contributed by atoms with Crippen LogP contribution in [0.15, 0.2) is 18.2 Å². The number of phenols is 1. The maximum Gasteiger partial charge on any atom is 0.119 e. The van der Waals surface area contributed by atoms with Gasteiger partial charge in [-0.2, -0.15) is 0 Å². The summed E-state index contributed by atoms with van der Waals surface area (Å²) in [5.41, 5.74) is 2.21. The van der Waals surface area contributed by atoms with Gasteiger partial charge in [0.05, 0.1) is 0 Å². The second kappa shape index (κ2) is 7.32. The molecule has 1 aromatic carbocycles. The third kappa shape index (κ3) is 4.58. The van der Waals surface area contributed by atoms with Crippen molar-refractivity contribution in [1.82, 2.24) is 0 Å². The molecule has 0 bridgehead atoms. The van der Waals surface area contributed by atoms with Gasteiger partial charge in [-0.1, -0.05) is 38.8 Å². The molecule has 15 heavy (non-hydrogen) atoms. The summed E-state index contributed by atoms with van der Waals surface area (Å²) >= 11 is 0. The first kappa shape index (κ1) is 15.0. The molecule has 0 aliphatic heterocycles. The van der Waals surface area contributed by atoms with Crippen molar-refractivity contribution in [3.8, 4) is 5.75 Å². The zero-order valence-electron chi connectivity index (χ0n) is 10.4. The van der Waals surface area contributed by atoms with E-state index in [1.165, 1.54) is 12.8 Å². The van der Waals surface area contributed by atoms with Gasteiger partial charge < -0.3 is 5.11 Å². The zero-order valence-corrected chi connectivity index (χ0v) is 12.4. The molecule has 0 saturated heterocycles. The number of hydrogen-bond donors (Lipinski definition) is 1. The van der Waals surface area contributed by atoms with Crippen LogP contribution in [0.4, 0.5) is 0 Å². The van der Waals surface area contributed by atoms with Gasteiger partial charge in [0.25, 0.3) is 0 Å².